The normalized spacial score (nSPS) is 10.6. The Kier molecular flexibility index (Phi) is 1.93. The van der Waals surface area contributed by atoms with Gasteiger partial charge in [0.05, 0.1) is 0 Å². The van der Waals surface area contributed by atoms with Crippen molar-refractivity contribution in [2.75, 3.05) is 0 Å². The highest BCUT2D eigenvalue weighted by molar-refractivity contribution is 7.22. The summed E-state index contributed by atoms with van der Waals surface area (Å²) in [7, 11) is 2.75. The Labute approximate surface area is 72.4 Å². The van der Waals surface area contributed by atoms with E-state index >= 15 is 0 Å². The maximum atomic E-state index is 2.75. The highest BCUT2D eigenvalue weighted by Crippen LogP contribution is 2.26. The summed E-state index contributed by atoms with van der Waals surface area (Å²) in [5.74, 6) is 0. The van der Waals surface area contributed by atoms with Gasteiger partial charge in [-0.2, -0.15) is 0 Å². The van der Waals surface area contributed by atoms with Gasteiger partial charge < -0.3 is 0 Å². The fraction of sp³-hybridized carbons (Fsp3) is 0.111. The van der Waals surface area contributed by atoms with Gasteiger partial charge in [-0.1, -0.05) is 18.2 Å². The molecule has 0 aliphatic carbocycles. The Balaban J connectivity index is 2.69. The predicted octanol–water partition coefficient (Wildman–Crippen LogP) is 3.28. The van der Waals surface area contributed by atoms with E-state index in [1.54, 1.807) is 0 Å². The summed E-state index contributed by atoms with van der Waals surface area (Å²) < 4.78 is 1.39. The second-order valence-corrected chi connectivity index (χ2v) is 4.03. The molecule has 0 amide bonds. The van der Waals surface area contributed by atoms with Gasteiger partial charge in [-0.05, 0) is 23.7 Å². The molecule has 0 spiro atoms. The van der Waals surface area contributed by atoms with Crippen LogP contribution in [0.4, 0.5) is 0 Å². The quantitative estimate of drug-likeness (QED) is 0.591. The lowest BCUT2D eigenvalue weighted by atomic mass is 10.2. The predicted molar refractivity (Wildman–Crippen MR) is 55.2 cm³/mol. The van der Waals surface area contributed by atoms with Crippen LogP contribution >= 0.6 is 20.6 Å². The third-order valence-electron chi connectivity index (χ3n) is 1.68. The van der Waals surface area contributed by atoms with Gasteiger partial charge in [-0.15, -0.1) is 20.6 Å². The van der Waals surface area contributed by atoms with Crippen LogP contribution in [-0.4, -0.2) is 0 Å². The molecular formula is C9H9PS. The highest BCUT2D eigenvalue weighted by Gasteiger charge is 1.96. The van der Waals surface area contributed by atoms with E-state index in [0.29, 0.717) is 0 Å². The molecule has 0 bridgehead atoms. The SMILES string of the molecule is PCc1cc2ccccc2s1. The van der Waals surface area contributed by atoms with E-state index in [4.69, 9.17) is 0 Å². The molecule has 1 aromatic carbocycles. The highest BCUT2D eigenvalue weighted by atomic mass is 32.1. The van der Waals surface area contributed by atoms with Crippen molar-refractivity contribution >= 4 is 30.7 Å². The Hall–Kier alpha value is -0.390. The van der Waals surface area contributed by atoms with Crippen LogP contribution in [0, 0.1) is 0 Å². The van der Waals surface area contributed by atoms with Gasteiger partial charge in [0.1, 0.15) is 0 Å². The van der Waals surface area contributed by atoms with E-state index in [1.165, 1.54) is 15.0 Å². The molecule has 0 fully saturated rings. The molecule has 1 heterocycles. The maximum absolute atomic E-state index is 2.75. The van der Waals surface area contributed by atoms with Crippen molar-refractivity contribution in [3.63, 3.8) is 0 Å². The van der Waals surface area contributed by atoms with Crippen molar-refractivity contribution < 1.29 is 0 Å². The van der Waals surface area contributed by atoms with E-state index < -0.39 is 0 Å². The van der Waals surface area contributed by atoms with Gasteiger partial charge in [0, 0.05) is 9.58 Å². The molecule has 2 heteroatoms. The molecule has 56 valence electrons. The first kappa shape index (κ1) is 7.27. The minimum absolute atomic E-state index is 1.07. The lowest BCUT2D eigenvalue weighted by Crippen LogP contribution is -1.59. The Bertz CT molecular complexity index is 331. The summed E-state index contributed by atoms with van der Waals surface area (Å²) in [4.78, 5) is 1.44. The zero-order chi connectivity index (χ0) is 7.68. The van der Waals surface area contributed by atoms with Crippen molar-refractivity contribution in [3.8, 4) is 0 Å². The minimum atomic E-state index is 1.07. The fourth-order valence-electron chi connectivity index (χ4n) is 1.14. The summed E-state index contributed by atoms with van der Waals surface area (Å²) in [5.41, 5.74) is 0. The summed E-state index contributed by atoms with van der Waals surface area (Å²) in [5, 5.41) is 1.37. The third kappa shape index (κ3) is 1.31. The summed E-state index contributed by atoms with van der Waals surface area (Å²) >= 11 is 1.88. The number of hydrogen-bond acceptors (Lipinski definition) is 1. The standard InChI is InChI=1S/C9H9PS/c10-6-8-5-7-3-1-2-4-9(7)11-8/h1-5H,6,10H2. The van der Waals surface area contributed by atoms with E-state index in [2.05, 4.69) is 39.6 Å². The lowest BCUT2D eigenvalue weighted by molar-refractivity contribution is 1.57. The fourth-order valence-corrected chi connectivity index (χ4v) is 2.45. The molecule has 0 saturated carbocycles. The van der Waals surface area contributed by atoms with Gasteiger partial charge in [-0.25, -0.2) is 0 Å². The first-order valence-electron chi connectivity index (χ1n) is 3.57. The molecule has 0 N–H and O–H groups in total. The van der Waals surface area contributed by atoms with Crippen LogP contribution in [0.1, 0.15) is 4.88 Å². The third-order valence-corrected chi connectivity index (χ3v) is 3.55. The van der Waals surface area contributed by atoms with E-state index in [1.807, 2.05) is 11.3 Å². The number of hydrogen-bond donors (Lipinski definition) is 0. The van der Waals surface area contributed by atoms with Crippen LogP contribution < -0.4 is 0 Å². The maximum Gasteiger partial charge on any atom is 0.0345 e. The molecule has 0 radical (unpaired) electrons. The zero-order valence-electron chi connectivity index (χ0n) is 6.08. The Morgan fingerprint density at radius 1 is 1.27 bits per heavy atom. The molecule has 2 rings (SSSR count). The zero-order valence-corrected chi connectivity index (χ0v) is 8.05. The molecule has 0 nitrogen and oxygen atoms in total. The molecule has 11 heavy (non-hydrogen) atoms. The van der Waals surface area contributed by atoms with Gasteiger partial charge in [-0.3, -0.25) is 0 Å². The molecule has 1 unspecified atom stereocenters. The largest absolute Gasteiger partial charge is 0.140 e. The molecule has 2 aromatic rings. The van der Waals surface area contributed by atoms with E-state index in [9.17, 15) is 0 Å². The Morgan fingerprint density at radius 2 is 2.09 bits per heavy atom. The van der Waals surface area contributed by atoms with Crippen molar-refractivity contribution in [2.24, 2.45) is 0 Å². The second kappa shape index (κ2) is 2.92. The Morgan fingerprint density at radius 3 is 2.82 bits per heavy atom. The number of rotatable bonds is 1. The van der Waals surface area contributed by atoms with Crippen LogP contribution in [0.3, 0.4) is 0 Å². The van der Waals surface area contributed by atoms with E-state index in [0.717, 1.165) is 6.16 Å². The first-order chi connectivity index (χ1) is 5.40. The molecule has 0 saturated heterocycles. The number of fused-ring (bicyclic) bond motifs is 1. The van der Waals surface area contributed by atoms with Crippen LogP contribution in [-0.2, 0) is 6.16 Å². The number of benzene rings is 1. The molecule has 1 atom stereocenters. The van der Waals surface area contributed by atoms with Crippen molar-refractivity contribution in [1.29, 1.82) is 0 Å². The van der Waals surface area contributed by atoms with Gasteiger partial charge in [0.25, 0.3) is 0 Å². The second-order valence-electron chi connectivity index (χ2n) is 2.45. The molecule has 1 aromatic heterocycles. The molecular weight excluding hydrogens is 171 g/mol. The summed E-state index contributed by atoms with van der Waals surface area (Å²) in [6.45, 7) is 0. The lowest BCUT2D eigenvalue weighted by Gasteiger charge is -1.82. The average Bonchev–Trinajstić information content (AvgIpc) is 2.46. The molecule has 0 aliphatic heterocycles. The van der Waals surface area contributed by atoms with Crippen molar-refractivity contribution in [3.05, 3.63) is 35.2 Å². The monoisotopic (exact) mass is 180 g/mol. The first-order valence-corrected chi connectivity index (χ1v) is 5.21. The van der Waals surface area contributed by atoms with Crippen molar-refractivity contribution in [1.82, 2.24) is 0 Å². The van der Waals surface area contributed by atoms with Gasteiger partial charge >= 0.3 is 0 Å². The van der Waals surface area contributed by atoms with Gasteiger partial charge in [0.15, 0.2) is 0 Å². The topological polar surface area (TPSA) is 0 Å². The molecule has 0 aliphatic rings. The minimum Gasteiger partial charge on any atom is -0.140 e. The smallest absolute Gasteiger partial charge is 0.0345 e. The van der Waals surface area contributed by atoms with Crippen LogP contribution in [0.2, 0.25) is 0 Å². The van der Waals surface area contributed by atoms with Crippen LogP contribution in [0.5, 0.6) is 0 Å². The van der Waals surface area contributed by atoms with Gasteiger partial charge in [0.2, 0.25) is 0 Å². The van der Waals surface area contributed by atoms with Crippen molar-refractivity contribution in [2.45, 2.75) is 6.16 Å². The number of thiophene rings is 1. The summed E-state index contributed by atoms with van der Waals surface area (Å²) in [6.07, 6.45) is 1.07. The summed E-state index contributed by atoms with van der Waals surface area (Å²) in [6, 6.07) is 10.8. The van der Waals surface area contributed by atoms with Crippen LogP contribution in [0.15, 0.2) is 30.3 Å². The van der Waals surface area contributed by atoms with E-state index in [-0.39, 0.29) is 0 Å². The average molecular weight is 180 g/mol. The van der Waals surface area contributed by atoms with Crippen LogP contribution in [0.25, 0.3) is 10.1 Å².